The summed E-state index contributed by atoms with van der Waals surface area (Å²) in [5, 5.41) is 0.868. The van der Waals surface area contributed by atoms with Crippen LogP contribution >= 0.6 is 23.1 Å². The topological polar surface area (TPSA) is 45.8 Å². The smallest absolute Gasteiger partial charge is 0.259 e. The predicted octanol–water partition coefficient (Wildman–Crippen LogP) is 2.90. The molecule has 0 amide bonds. The Morgan fingerprint density at radius 2 is 2.28 bits per heavy atom. The van der Waals surface area contributed by atoms with Crippen LogP contribution in [-0.4, -0.2) is 15.7 Å². The second kappa shape index (κ2) is 3.84. The van der Waals surface area contributed by atoms with Crippen LogP contribution in [0.2, 0.25) is 0 Å². The van der Waals surface area contributed by atoms with Gasteiger partial charge in [-0.2, -0.15) is 11.8 Å². The van der Waals surface area contributed by atoms with E-state index < -0.39 is 0 Å². The van der Waals surface area contributed by atoms with Gasteiger partial charge in [0.2, 0.25) is 0 Å². The van der Waals surface area contributed by atoms with Gasteiger partial charge in [-0.15, -0.1) is 11.3 Å². The minimum absolute atomic E-state index is 0.0819. The third kappa shape index (κ3) is 1.57. The van der Waals surface area contributed by atoms with Crippen LogP contribution in [-0.2, 0) is 12.2 Å². The average molecular weight is 278 g/mol. The first-order chi connectivity index (χ1) is 8.74. The van der Waals surface area contributed by atoms with E-state index >= 15 is 0 Å². The quantitative estimate of drug-likeness (QED) is 0.872. The first kappa shape index (κ1) is 11.1. The molecule has 0 radical (unpaired) electrons. The van der Waals surface area contributed by atoms with Crippen molar-refractivity contribution in [2.24, 2.45) is 5.92 Å². The summed E-state index contributed by atoms with van der Waals surface area (Å²) in [5.41, 5.74) is 1.34. The monoisotopic (exact) mass is 278 g/mol. The third-order valence-corrected chi connectivity index (χ3v) is 6.25. The van der Waals surface area contributed by atoms with E-state index in [4.69, 9.17) is 4.98 Å². The molecule has 1 aliphatic heterocycles. The number of nitrogens with one attached hydrogen (secondary N) is 1. The zero-order valence-electron chi connectivity index (χ0n) is 10.2. The highest BCUT2D eigenvalue weighted by molar-refractivity contribution is 7.98. The van der Waals surface area contributed by atoms with Crippen molar-refractivity contribution in [1.82, 2.24) is 9.97 Å². The van der Waals surface area contributed by atoms with E-state index in [9.17, 15) is 4.79 Å². The van der Waals surface area contributed by atoms with Crippen LogP contribution in [0.15, 0.2) is 4.79 Å². The van der Waals surface area contributed by atoms with Crippen molar-refractivity contribution in [3.8, 4) is 0 Å². The molecule has 18 heavy (non-hydrogen) atoms. The molecule has 0 aromatic carbocycles. The van der Waals surface area contributed by atoms with Crippen LogP contribution in [0.25, 0.3) is 10.2 Å². The van der Waals surface area contributed by atoms with Gasteiger partial charge in [0.15, 0.2) is 0 Å². The summed E-state index contributed by atoms with van der Waals surface area (Å²) in [6, 6.07) is 0. The second-order valence-corrected chi connectivity index (χ2v) is 7.45. The molecule has 3 nitrogen and oxygen atoms in total. The van der Waals surface area contributed by atoms with Gasteiger partial charge in [0, 0.05) is 16.5 Å². The zero-order chi connectivity index (χ0) is 12.3. The summed E-state index contributed by atoms with van der Waals surface area (Å²) >= 11 is 3.67. The molecule has 94 valence electrons. The molecule has 0 spiro atoms. The van der Waals surface area contributed by atoms with Gasteiger partial charge < -0.3 is 4.98 Å². The molecule has 1 saturated carbocycles. The first-order valence-electron chi connectivity index (χ1n) is 6.36. The van der Waals surface area contributed by atoms with E-state index in [1.807, 2.05) is 11.8 Å². The van der Waals surface area contributed by atoms with Gasteiger partial charge in [0.05, 0.1) is 5.39 Å². The Bertz CT molecular complexity index is 688. The molecule has 4 rings (SSSR count). The van der Waals surface area contributed by atoms with Gasteiger partial charge in [-0.25, -0.2) is 4.98 Å². The number of hydrogen-bond donors (Lipinski definition) is 1. The number of hydrogen-bond acceptors (Lipinski definition) is 4. The lowest BCUT2D eigenvalue weighted by Gasteiger charge is -2.09. The molecule has 2 atom stereocenters. The highest BCUT2D eigenvalue weighted by Gasteiger charge is 2.36. The summed E-state index contributed by atoms with van der Waals surface area (Å²) in [6.07, 6.45) is 2.18. The Balaban J connectivity index is 1.94. The normalized spacial score (nSPS) is 26.3. The number of aryl methyl sites for hydroxylation is 1. The van der Waals surface area contributed by atoms with Crippen LogP contribution in [0.5, 0.6) is 0 Å². The molecule has 1 N–H and O–H groups in total. The van der Waals surface area contributed by atoms with Crippen molar-refractivity contribution in [3.63, 3.8) is 0 Å². The maximum Gasteiger partial charge on any atom is 0.259 e. The highest BCUT2D eigenvalue weighted by Crippen LogP contribution is 2.45. The van der Waals surface area contributed by atoms with E-state index in [1.54, 1.807) is 11.3 Å². The number of thiophene rings is 1. The Kier molecular flexibility index (Phi) is 2.36. The maximum absolute atomic E-state index is 12.3. The minimum Gasteiger partial charge on any atom is -0.310 e. The SMILES string of the molecule is C[C@@H]1C[C@@H]1c1nc2sc3c(c2c(=O)[nH]1)CCSC3. The molecule has 2 aromatic rings. The molecule has 0 unspecified atom stereocenters. The van der Waals surface area contributed by atoms with Crippen LogP contribution in [0, 0.1) is 5.92 Å². The molecule has 1 aliphatic carbocycles. The summed E-state index contributed by atoms with van der Waals surface area (Å²) in [7, 11) is 0. The number of aromatic nitrogens is 2. The number of rotatable bonds is 1. The van der Waals surface area contributed by atoms with Gasteiger partial charge >= 0.3 is 0 Å². The Labute approximate surface area is 113 Å². The van der Waals surface area contributed by atoms with Crippen molar-refractivity contribution in [2.75, 3.05) is 5.75 Å². The summed E-state index contributed by atoms with van der Waals surface area (Å²) < 4.78 is 0. The van der Waals surface area contributed by atoms with E-state index in [0.717, 1.165) is 40.4 Å². The Hall–Kier alpha value is -0.810. The molecular weight excluding hydrogens is 264 g/mol. The largest absolute Gasteiger partial charge is 0.310 e. The zero-order valence-corrected chi connectivity index (χ0v) is 11.8. The third-order valence-electron chi connectivity index (χ3n) is 3.95. The number of H-pyrrole nitrogens is 1. The molecule has 2 aromatic heterocycles. The fourth-order valence-electron chi connectivity index (χ4n) is 2.73. The molecule has 0 saturated heterocycles. The van der Waals surface area contributed by atoms with Gasteiger partial charge in [-0.3, -0.25) is 4.79 Å². The Morgan fingerprint density at radius 3 is 3.06 bits per heavy atom. The van der Waals surface area contributed by atoms with Crippen molar-refractivity contribution < 1.29 is 0 Å². The lowest BCUT2D eigenvalue weighted by atomic mass is 10.1. The number of thioether (sulfide) groups is 1. The average Bonchev–Trinajstić information content (AvgIpc) is 2.97. The van der Waals surface area contributed by atoms with Crippen molar-refractivity contribution in [2.45, 2.75) is 31.4 Å². The fraction of sp³-hybridized carbons (Fsp3) is 0.538. The molecule has 2 aliphatic rings. The number of nitrogens with zero attached hydrogens (tertiary/aromatic N) is 1. The maximum atomic E-state index is 12.3. The van der Waals surface area contributed by atoms with Crippen LogP contribution in [0.1, 0.15) is 35.5 Å². The fourth-order valence-corrected chi connectivity index (χ4v) is 5.09. The summed E-state index contributed by atoms with van der Waals surface area (Å²) in [6.45, 7) is 2.21. The first-order valence-corrected chi connectivity index (χ1v) is 8.33. The molecule has 0 bridgehead atoms. The van der Waals surface area contributed by atoms with Crippen LogP contribution in [0.3, 0.4) is 0 Å². The van der Waals surface area contributed by atoms with Gasteiger partial charge in [-0.1, -0.05) is 6.92 Å². The minimum atomic E-state index is 0.0819. The highest BCUT2D eigenvalue weighted by atomic mass is 32.2. The lowest BCUT2D eigenvalue weighted by molar-refractivity contribution is 0.845. The molecule has 1 fully saturated rings. The van der Waals surface area contributed by atoms with Gasteiger partial charge in [-0.05, 0) is 30.1 Å². The second-order valence-electron chi connectivity index (χ2n) is 5.26. The van der Waals surface area contributed by atoms with E-state index in [0.29, 0.717) is 11.8 Å². The van der Waals surface area contributed by atoms with Crippen LogP contribution < -0.4 is 5.56 Å². The standard InChI is InChI=1S/C13H14N2OS2/c1-6-4-8(6)11-14-12(16)10-7-2-3-17-5-9(7)18-13(10)15-11/h6,8H,2-5H2,1H3,(H,14,15,16)/t6-,8+/m1/s1. The number of fused-ring (bicyclic) bond motifs is 3. The molecular formula is C13H14N2OS2. The van der Waals surface area contributed by atoms with Crippen molar-refractivity contribution >= 4 is 33.3 Å². The van der Waals surface area contributed by atoms with Crippen molar-refractivity contribution in [1.29, 1.82) is 0 Å². The summed E-state index contributed by atoms with van der Waals surface area (Å²) in [4.78, 5) is 22.3. The van der Waals surface area contributed by atoms with E-state index in [-0.39, 0.29) is 5.56 Å². The van der Waals surface area contributed by atoms with Gasteiger partial charge in [0.25, 0.3) is 5.56 Å². The van der Waals surface area contributed by atoms with Gasteiger partial charge in [0.1, 0.15) is 10.7 Å². The Morgan fingerprint density at radius 1 is 1.44 bits per heavy atom. The van der Waals surface area contributed by atoms with E-state index in [2.05, 4.69) is 11.9 Å². The van der Waals surface area contributed by atoms with Crippen molar-refractivity contribution in [3.05, 3.63) is 26.6 Å². The van der Waals surface area contributed by atoms with E-state index in [1.165, 1.54) is 10.4 Å². The summed E-state index contributed by atoms with van der Waals surface area (Å²) in [5.74, 6) is 4.24. The molecule has 5 heteroatoms. The predicted molar refractivity (Wildman–Crippen MR) is 76.6 cm³/mol. The van der Waals surface area contributed by atoms with Crippen LogP contribution in [0.4, 0.5) is 0 Å². The lowest BCUT2D eigenvalue weighted by Crippen LogP contribution is -2.12. The molecule has 3 heterocycles. The number of aromatic amines is 1.